The van der Waals surface area contributed by atoms with Crippen molar-refractivity contribution in [1.82, 2.24) is 0 Å². The molecule has 0 aliphatic carbocycles. The minimum atomic E-state index is -0.655. The Morgan fingerprint density at radius 1 is 1.04 bits per heavy atom. The van der Waals surface area contributed by atoms with E-state index >= 15 is 0 Å². The van der Waals surface area contributed by atoms with Gasteiger partial charge in [-0.25, -0.2) is 4.39 Å². The number of carbonyl (C=O) groups is 3. The summed E-state index contributed by atoms with van der Waals surface area (Å²) < 4.78 is 18.9. The van der Waals surface area contributed by atoms with Crippen LogP contribution in [0.25, 0.3) is 0 Å². The maximum Gasteiger partial charge on any atom is 0.310 e. The van der Waals surface area contributed by atoms with Crippen molar-refractivity contribution < 1.29 is 23.5 Å². The Bertz CT molecular complexity index is 817. The number of hydrogen-bond donors (Lipinski definition) is 1. The molecule has 0 heterocycles. The van der Waals surface area contributed by atoms with Crippen LogP contribution in [0.5, 0.6) is 0 Å². The molecule has 0 aliphatic heterocycles. The molecule has 0 bridgehead atoms. The van der Waals surface area contributed by atoms with E-state index in [4.69, 9.17) is 4.74 Å². The van der Waals surface area contributed by atoms with E-state index in [9.17, 15) is 18.8 Å². The highest BCUT2D eigenvalue weighted by molar-refractivity contribution is 6.14. The van der Waals surface area contributed by atoms with Crippen LogP contribution < -0.4 is 5.32 Å². The van der Waals surface area contributed by atoms with Crippen molar-refractivity contribution >= 4 is 23.3 Å². The molecule has 0 radical (unpaired) electrons. The van der Waals surface area contributed by atoms with Gasteiger partial charge < -0.3 is 10.1 Å². The number of benzene rings is 2. The van der Waals surface area contributed by atoms with Crippen molar-refractivity contribution in [2.24, 2.45) is 0 Å². The van der Waals surface area contributed by atoms with Gasteiger partial charge in [-0.3, -0.25) is 14.4 Å². The minimum absolute atomic E-state index is 0.109. The van der Waals surface area contributed by atoms with Crippen molar-refractivity contribution in [2.75, 3.05) is 11.9 Å². The minimum Gasteiger partial charge on any atom is -0.466 e. The molecular weight excluding hydrogens is 325 g/mol. The average Bonchev–Trinajstić information content (AvgIpc) is 2.56. The number of halogens is 1. The zero-order valence-corrected chi connectivity index (χ0v) is 14.0. The maximum absolute atomic E-state index is 13.9. The van der Waals surface area contributed by atoms with Crippen LogP contribution in [0.2, 0.25) is 0 Å². The van der Waals surface area contributed by atoms with Gasteiger partial charge >= 0.3 is 5.97 Å². The Balaban J connectivity index is 2.50. The molecule has 1 N–H and O–H groups in total. The summed E-state index contributed by atoms with van der Waals surface area (Å²) in [5.74, 6) is -2.12. The fraction of sp³-hybridized carbons (Fsp3) is 0.211. The molecule has 1 amide bonds. The molecule has 130 valence electrons. The molecule has 0 saturated heterocycles. The molecular formula is C19H18FNO4. The Labute approximate surface area is 144 Å². The molecule has 0 aromatic heterocycles. The highest BCUT2D eigenvalue weighted by atomic mass is 19.1. The first-order valence-corrected chi connectivity index (χ1v) is 7.78. The molecule has 25 heavy (non-hydrogen) atoms. The molecule has 0 saturated carbocycles. The number of nitrogens with one attached hydrogen (secondary N) is 1. The lowest BCUT2D eigenvalue weighted by molar-refractivity contribution is -0.142. The number of hydrogen-bond acceptors (Lipinski definition) is 4. The summed E-state index contributed by atoms with van der Waals surface area (Å²) in [6.07, 6.45) is -0.109. The van der Waals surface area contributed by atoms with E-state index in [1.54, 1.807) is 25.1 Å². The van der Waals surface area contributed by atoms with E-state index in [2.05, 4.69) is 5.32 Å². The van der Waals surface area contributed by atoms with Gasteiger partial charge in [-0.15, -0.1) is 0 Å². The summed E-state index contributed by atoms with van der Waals surface area (Å²) >= 11 is 0. The predicted octanol–water partition coefficient (Wildman–Crippen LogP) is 3.12. The number of para-hydroxylation sites is 1. The van der Waals surface area contributed by atoms with E-state index in [1.807, 2.05) is 0 Å². The Hall–Kier alpha value is -3.02. The lowest BCUT2D eigenvalue weighted by Crippen LogP contribution is -2.17. The molecule has 0 aliphatic rings. The van der Waals surface area contributed by atoms with Crippen molar-refractivity contribution in [1.29, 1.82) is 0 Å². The molecule has 0 fully saturated rings. The van der Waals surface area contributed by atoms with Gasteiger partial charge in [0.1, 0.15) is 5.82 Å². The maximum atomic E-state index is 13.9. The lowest BCUT2D eigenvalue weighted by Gasteiger charge is -2.14. The topological polar surface area (TPSA) is 72.5 Å². The SMILES string of the molecule is CCOC(=O)Cc1cccc(C(=O)c2ccccc2F)c1NC(C)=O. The quantitative estimate of drug-likeness (QED) is 0.646. The van der Waals surface area contributed by atoms with E-state index in [-0.39, 0.29) is 29.8 Å². The summed E-state index contributed by atoms with van der Waals surface area (Å²) in [5.41, 5.74) is 0.622. The predicted molar refractivity (Wildman–Crippen MR) is 90.9 cm³/mol. The molecule has 0 atom stereocenters. The first-order valence-electron chi connectivity index (χ1n) is 7.78. The Kier molecular flexibility index (Phi) is 6.00. The zero-order chi connectivity index (χ0) is 18.4. The van der Waals surface area contributed by atoms with Crippen LogP contribution in [0, 0.1) is 5.82 Å². The smallest absolute Gasteiger partial charge is 0.310 e. The van der Waals surface area contributed by atoms with E-state index in [0.29, 0.717) is 5.56 Å². The third-order valence-corrected chi connectivity index (χ3v) is 3.46. The van der Waals surface area contributed by atoms with E-state index < -0.39 is 23.5 Å². The molecule has 5 nitrogen and oxygen atoms in total. The summed E-state index contributed by atoms with van der Waals surface area (Å²) in [6, 6.07) is 10.3. The summed E-state index contributed by atoms with van der Waals surface area (Å²) in [4.78, 5) is 36.0. The third kappa shape index (κ3) is 4.50. The van der Waals surface area contributed by atoms with Gasteiger partial charge in [0.05, 0.1) is 24.3 Å². The molecule has 2 aromatic carbocycles. The molecule has 0 unspecified atom stereocenters. The molecule has 2 rings (SSSR count). The summed E-state index contributed by atoms with van der Waals surface area (Å²) in [5, 5.41) is 2.57. The fourth-order valence-corrected chi connectivity index (χ4v) is 2.42. The lowest BCUT2D eigenvalue weighted by atomic mass is 9.97. The number of carbonyl (C=O) groups excluding carboxylic acids is 3. The van der Waals surface area contributed by atoms with E-state index in [0.717, 1.165) is 0 Å². The largest absolute Gasteiger partial charge is 0.466 e. The number of anilines is 1. The molecule has 2 aromatic rings. The standard InChI is InChI=1S/C19H18FNO4/c1-3-25-17(23)11-13-7-6-9-15(18(13)21-12(2)22)19(24)14-8-4-5-10-16(14)20/h4-10H,3,11H2,1-2H3,(H,21,22). The number of amides is 1. The number of ketones is 1. The van der Waals surface area contributed by atoms with Crippen LogP contribution >= 0.6 is 0 Å². The van der Waals surface area contributed by atoms with Gasteiger partial charge in [0, 0.05) is 12.5 Å². The van der Waals surface area contributed by atoms with Crippen LogP contribution in [-0.2, 0) is 20.7 Å². The summed E-state index contributed by atoms with van der Waals surface area (Å²) in [7, 11) is 0. The number of ether oxygens (including phenoxy) is 1. The highest BCUT2D eigenvalue weighted by Gasteiger charge is 2.21. The second kappa shape index (κ2) is 8.19. The van der Waals surface area contributed by atoms with E-state index in [1.165, 1.54) is 31.2 Å². The fourth-order valence-electron chi connectivity index (χ4n) is 2.42. The zero-order valence-electron chi connectivity index (χ0n) is 14.0. The number of esters is 1. The van der Waals surface area contributed by atoms with Crippen molar-refractivity contribution in [3.05, 3.63) is 65.0 Å². The number of rotatable bonds is 6. The Morgan fingerprint density at radius 3 is 2.36 bits per heavy atom. The molecule has 0 spiro atoms. The first-order chi connectivity index (χ1) is 11.9. The van der Waals surface area contributed by atoms with Gasteiger partial charge in [-0.1, -0.05) is 24.3 Å². The van der Waals surface area contributed by atoms with Gasteiger partial charge in [-0.2, -0.15) is 0 Å². The van der Waals surface area contributed by atoms with Crippen LogP contribution in [0.3, 0.4) is 0 Å². The van der Waals surface area contributed by atoms with Crippen molar-refractivity contribution in [3.8, 4) is 0 Å². The second-order valence-corrected chi connectivity index (χ2v) is 5.31. The van der Waals surface area contributed by atoms with Gasteiger partial charge in [0.2, 0.25) is 5.91 Å². The van der Waals surface area contributed by atoms with Gasteiger partial charge in [0.15, 0.2) is 5.78 Å². The molecule has 6 heteroatoms. The Morgan fingerprint density at radius 2 is 1.72 bits per heavy atom. The van der Waals surface area contributed by atoms with Crippen LogP contribution in [-0.4, -0.2) is 24.3 Å². The third-order valence-electron chi connectivity index (χ3n) is 3.46. The van der Waals surface area contributed by atoms with Gasteiger partial charge in [0.25, 0.3) is 0 Å². The van der Waals surface area contributed by atoms with Crippen molar-refractivity contribution in [3.63, 3.8) is 0 Å². The van der Waals surface area contributed by atoms with Crippen molar-refractivity contribution in [2.45, 2.75) is 20.3 Å². The van der Waals surface area contributed by atoms with Crippen LogP contribution in [0.1, 0.15) is 35.3 Å². The normalized spacial score (nSPS) is 10.2. The average molecular weight is 343 g/mol. The second-order valence-electron chi connectivity index (χ2n) is 5.31. The van der Waals surface area contributed by atoms with Crippen LogP contribution in [0.4, 0.5) is 10.1 Å². The van der Waals surface area contributed by atoms with Gasteiger partial charge in [-0.05, 0) is 30.7 Å². The first kappa shape index (κ1) is 18.3. The monoisotopic (exact) mass is 343 g/mol. The highest BCUT2D eigenvalue weighted by Crippen LogP contribution is 2.26. The van der Waals surface area contributed by atoms with Crippen LogP contribution in [0.15, 0.2) is 42.5 Å². The summed E-state index contributed by atoms with van der Waals surface area (Å²) in [6.45, 7) is 3.20.